The van der Waals surface area contributed by atoms with Crippen molar-refractivity contribution in [3.05, 3.63) is 35.1 Å². The molecule has 0 radical (unpaired) electrons. The average molecular weight is 286 g/mol. The molecule has 0 aliphatic carbocycles. The van der Waals surface area contributed by atoms with E-state index in [4.69, 9.17) is 0 Å². The highest BCUT2D eigenvalue weighted by Crippen LogP contribution is 2.16. The van der Waals surface area contributed by atoms with E-state index in [0.29, 0.717) is 11.5 Å². The van der Waals surface area contributed by atoms with Crippen LogP contribution in [0, 0.1) is 11.7 Å². The molecule has 0 aliphatic heterocycles. The predicted octanol–water partition coefficient (Wildman–Crippen LogP) is 2.91. The number of esters is 1. The van der Waals surface area contributed by atoms with Gasteiger partial charge < -0.3 is 4.74 Å². The van der Waals surface area contributed by atoms with Crippen LogP contribution in [0.1, 0.15) is 36.7 Å². The van der Waals surface area contributed by atoms with Gasteiger partial charge in [-0.15, -0.1) is 0 Å². The molecule has 106 valence electrons. The topological polar surface area (TPSA) is 43.4 Å². The number of rotatable bonds is 5. The van der Waals surface area contributed by atoms with Crippen molar-refractivity contribution >= 4 is 16.8 Å². The Morgan fingerprint density at radius 2 is 2.00 bits per heavy atom. The van der Waals surface area contributed by atoms with Gasteiger partial charge in [-0.05, 0) is 23.6 Å². The van der Waals surface area contributed by atoms with Crippen LogP contribution in [0.15, 0.2) is 18.2 Å². The van der Waals surface area contributed by atoms with E-state index in [1.54, 1.807) is 6.07 Å². The number of halogens is 1. The first-order chi connectivity index (χ1) is 8.86. The third kappa shape index (κ3) is 4.13. The van der Waals surface area contributed by atoms with Crippen LogP contribution in [0.5, 0.6) is 0 Å². The molecule has 0 N–H and O–H groups in total. The Morgan fingerprint density at radius 3 is 2.47 bits per heavy atom. The summed E-state index contributed by atoms with van der Waals surface area (Å²) in [4.78, 5) is 11.2. The molecule has 0 aliphatic rings. The average Bonchev–Trinajstić information content (AvgIpc) is 2.36. The van der Waals surface area contributed by atoms with Crippen molar-refractivity contribution in [1.82, 2.24) is 0 Å². The molecular weight excluding hydrogens is 267 g/mol. The summed E-state index contributed by atoms with van der Waals surface area (Å²) in [6.07, 6.45) is 0. The lowest BCUT2D eigenvalue weighted by Gasteiger charge is -2.15. The molecule has 19 heavy (non-hydrogen) atoms. The van der Waals surface area contributed by atoms with Crippen LogP contribution in [-0.2, 0) is 21.3 Å². The van der Waals surface area contributed by atoms with Gasteiger partial charge in [0.2, 0.25) is 0 Å². The van der Waals surface area contributed by atoms with Gasteiger partial charge in [0.25, 0.3) is 0 Å². The van der Waals surface area contributed by atoms with Gasteiger partial charge in [-0.25, -0.2) is 9.18 Å². The van der Waals surface area contributed by atoms with Crippen LogP contribution in [0.3, 0.4) is 0 Å². The van der Waals surface area contributed by atoms with E-state index >= 15 is 0 Å². The second kappa shape index (κ2) is 6.80. The number of benzene rings is 1. The molecule has 1 aromatic rings. The molecule has 0 heterocycles. The minimum atomic E-state index is -1.06. The molecule has 0 saturated heterocycles. The van der Waals surface area contributed by atoms with Gasteiger partial charge in [0.1, 0.15) is 5.82 Å². The Bertz CT molecular complexity index is 486. The molecule has 0 bridgehead atoms. The molecule has 2 unspecified atom stereocenters. The standard InChI is InChI=1S/C14H19FO3S/c1-9(2)10(3)19(17)8-11-5-6-12(13(15)7-11)14(16)18-4/h5-7,9-10H,8H2,1-4H3. The van der Waals surface area contributed by atoms with Crippen molar-refractivity contribution in [3.63, 3.8) is 0 Å². The van der Waals surface area contributed by atoms with Gasteiger partial charge in [-0.2, -0.15) is 0 Å². The minimum absolute atomic E-state index is 0.0448. The fourth-order valence-corrected chi connectivity index (χ4v) is 2.90. The Kier molecular flexibility index (Phi) is 5.66. The lowest BCUT2D eigenvalue weighted by Crippen LogP contribution is -2.19. The van der Waals surface area contributed by atoms with Crippen molar-refractivity contribution in [2.45, 2.75) is 31.8 Å². The normalized spacial score (nSPS) is 14.2. The molecule has 0 aromatic heterocycles. The van der Waals surface area contributed by atoms with Crippen LogP contribution in [0.4, 0.5) is 4.39 Å². The van der Waals surface area contributed by atoms with E-state index in [9.17, 15) is 13.4 Å². The smallest absolute Gasteiger partial charge is 0.340 e. The van der Waals surface area contributed by atoms with Crippen molar-refractivity contribution in [1.29, 1.82) is 0 Å². The molecule has 2 atom stereocenters. The third-order valence-electron chi connectivity index (χ3n) is 3.10. The summed E-state index contributed by atoms with van der Waals surface area (Å²) >= 11 is 0. The zero-order chi connectivity index (χ0) is 14.6. The van der Waals surface area contributed by atoms with E-state index in [1.165, 1.54) is 19.2 Å². The quantitative estimate of drug-likeness (QED) is 0.782. The van der Waals surface area contributed by atoms with Crippen LogP contribution < -0.4 is 0 Å². The molecule has 0 saturated carbocycles. The first-order valence-corrected chi connectivity index (χ1v) is 7.49. The van der Waals surface area contributed by atoms with Gasteiger partial charge in [0.15, 0.2) is 0 Å². The number of carbonyl (C=O) groups is 1. The maximum atomic E-state index is 13.7. The van der Waals surface area contributed by atoms with Crippen molar-refractivity contribution < 1.29 is 18.1 Å². The third-order valence-corrected chi connectivity index (χ3v) is 5.09. The van der Waals surface area contributed by atoms with E-state index < -0.39 is 22.6 Å². The molecule has 1 rings (SSSR count). The molecule has 0 amide bonds. The van der Waals surface area contributed by atoms with Crippen molar-refractivity contribution in [2.24, 2.45) is 5.92 Å². The Morgan fingerprint density at radius 1 is 1.37 bits per heavy atom. The van der Waals surface area contributed by atoms with Crippen molar-refractivity contribution in [2.75, 3.05) is 7.11 Å². The highest BCUT2D eigenvalue weighted by atomic mass is 32.2. The molecule has 0 fully saturated rings. The second-order valence-corrected chi connectivity index (χ2v) is 6.57. The predicted molar refractivity (Wildman–Crippen MR) is 73.9 cm³/mol. The highest BCUT2D eigenvalue weighted by molar-refractivity contribution is 7.84. The van der Waals surface area contributed by atoms with Gasteiger partial charge in [-0.3, -0.25) is 4.21 Å². The summed E-state index contributed by atoms with van der Waals surface area (Å²) in [6, 6.07) is 4.23. The van der Waals surface area contributed by atoms with Crippen LogP contribution >= 0.6 is 0 Å². The summed E-state index contributed by atoms with van der Waals surface area (Å²) in [7, 11) is 0.147. The van der Waals surface area contributed by atoms with Gasteiger partial charge in [0, 0.05) is 21.8 Å². The van der Waals surface area contributed by atoms with E-state index in [0.717, 1.165) is 0 Å². The zero-order valence-electron chi connectivity index (χ0n) is 11.6. The Balaban J connectivity index is 2.85. The number of methoxy groups -OCH3 is 1. The Hall–Kier alpha value is -1.23. The number of hydrogen-bond donors (Lipinski definition) is 0. The molecule has 1 aromatic carbocycles. The highest BCUT2D eigenvalue weighted by Gasteiger charge is 2.17. The minimum Gasteiger partial charge on any atom is -0.465 e. The largest absolute Gasteiger partial charge is 0.465 e. The Labute approximate surface area is 115 Å². The fraction of sp³-hybridized carbons (Fsp3) is 0.500. The van der Waals surface area contributed by atoms with E-state index in [2.05, 4.69) is 4.74 Å². The van der Waals surface area contributed by atoms with E-state index in [1.807, 2.05) is 20.8 Å². The monoisotopic (exact) mass is 286 g/mol. The summed E-state index contributed by atoms with van der Waals surface area (Å²) in [5.41, 5.74) is 0.518. The first kappa shape index (κ1) is 15.8. The van der Waals surface area contributed by atoms with Crippen molar-refractivity contribution in [3.8, 4) is 0 Å². The molecule has 0 spiro atoms. The summed E-state index contributed by atoms with van der Waals surface area (Å²) in [6.45, 7) is 5.92. The summed E-state index contributed by atoms with van der Waals surface area (Å²) in [5.74, 6) is -0.753. The molecule has 5 heteroatoms. The van der Waals surface area contributed by atoms with Gasteiger partial charge in [-0.1, -0.05) is 26.8 Å². The fourth-order valence-electron chi connectivity index (χ4n) is 1.52. The lowest BCUT2D eigenvalue weighted by molar-refractivity contribution is 0.0595. The molecule has 3 nitrogen and oxygen atoms in total. The van der Waals surface area contributed by atoms with Gasteiger partial charge in [0.05, 0.1) is 12.7 Å². The lowest BCUT2D eigenvalue weighted by atomic mass is 10.1. The number of ether oxygens (including phenoxy) is 1. The first-order valence-electron chi connectivity index (χ1n) is 6.10. The summed E-state index contributed by atoms with van der Waals surface area (Å²) in [5, 5.41) is 0.0448. The van der Waals surface area contributed by atoms with Gasteiger partial charge >= 0.3 is 5.97 Å². The zero-order valence-corrected chi connectivity index (χ0v) is 12.4. The molecular formula is C14H19FO3S. The maximum Gasteiger partial charge on any atom is 0.340 e. The number of carbonyl (C=O) groups excluding carboxylic acids is 1. The second-order valence-electron chi connectivity index (χ2n) is 4.78. The van der Waals surface area contributed by atoms with Crippen LogP contribution in [0.25, 0.3) is 0 Å². The van der Waals surface area contributed by atoms with E-state index in [-0.39, 0.29) is 16.6 Å². The summed E-state index contributed by atoms with van der Waals surface area (Å²) < 4.78 is 30.2. The van der Waals surface area contributed by atoms with Crippen LogP contribution in [0.2, 0.25) is 0 Å². The van der Waals surface area contributed by atoms with Crippen LogP contribution in [-0.4, -0.2) is 22.5 Å². The number of hydrogen-bond acceptors (Lipinski definition) is 3. The maximum absolute atomic E-state index is 13.7. The SMILES string of the molecule is COC(=O)c1ccc(CS(=O)C(C)C(C)C)cc1F.